The Morgan fingerprint density at radius 2 is 2.04 bits per heavy atom. The lowest BCUT2D eigenvalue weighted by molar-refractivity contribution is -0.116. The maximum atomic E-state index is 12.5. The van der Waals surface area contributed by atoms with Crippen LogP contribution in [0, 0.1) is 0 Å². The predicted octanol–water partition coefficient (Wildman–Crippen LogP) is 3.22. The normalized spacial score (nSPS) is 10.9. The van der Waals surface area contributed by atoms with E-state index in [2.05, 4.69) is 10.3 Å². The molecular formula is C18H19N3O2S. The highest BCUT2D eigenvalue weighted by Crippen LogP contribution is 2.21. The van der Waals surface area contributed by atoms with E-state index in [1.165, 1.54) is 22.2 Å². The molecule has 2 heterocycles. The van der Waals surface area contributed by atoms with Crippen molar-refractivity contribution in [2.45, 2.75) is 33.2 Å². The summed E-state index contributed by atoms with van der Waals surface area (Å²) >= 11 is 1.52. The molecule has 5 nitrogen and oxygen atoms in total. The van der Waals surface area contributed by atoms with Crippen molar-refractivity contribution in [2.24, 2.45) is 0 Å². The highest BCUT2D eigenvalue weighted by molar-refractivity contribution is 7.18. The highest BCUT2D eigenvalue weighted by atomic mass is 32.1. The van der Waals surface area contributed by atoms with Crippen LogP contribution in [0.5, 0.6) is 0 Å². The van der Waals surface area contributed by atoms with Gasteiger partial charge in [0, 0.05) is 10.6 Å². The molecule has 0 aliphatic carbocycles. The number of carbonyl (C=O) groups is 1. The van der Waals surface area contributed by atoms with E-state index in [0.29, 0.717) is 5.39 Å². The second-order valence-corrected chi connectivity index (χ2v) is 6.64. The van der Waals surface area contributed by atoms with Crippen LogP contribution in [0.15, 0.2) is 41.5 Å². The molecule has 0 unspecified atom stereocenters. The van der Waals surface area contributed by atoms with E-state index in [-0.39, 0.29) is 18.0 Å². The maximum Gasteiger partial charge on any atom is 0.262 e. The molecule has 3 rings (SSSR count). The lowest BCUT2D eigenvalue weighted by atomic mass is 10.1. The molecule has 0 bridgehead atoms. The summed E-state index contributed by atoms with van der Waals surface area (Å²) in [6.45, 7) is 4.04. The third-order valence-electron chi connectivity index (χ3n) is 3.90. The van der Waals surface area contributed by atoms with Gasteiger partial charge in [0.1, 0.15) is 11.4 Å². The van der Waals surface area contributed by atoms with Gasteiger partial charge in [0.15, 0.2) is 0 Å². The first-order valence-electron chi connectivity index (χ1n) is 7.98. The standard InChI is InChI=1S/C18H19N3O2S/c1-3-12-7-5-6-8-15(12)20-16(22)10-21-11-19-17-14(18(21)23)9-13(4-2)24-17/h5-9,11H,3-4,10H2,1-2H3,(H,20,22). The second kappa shape index (κ2) is 6.97. The molecule has 24 heavy (non-hydrogen) atoms. The SMILES string of the molecule is CCc1cc2c(=O)n(CC(=O)Nc3ccccc3CC)cnc2s1. The molecule has 0 spiro atoms. The van der Waals surface area contributed by atoms with Gasteiger partial charge in [-0.05, 0) is 30.5 Å². The Labute approximate surface area is 144 Å². The monoisotopic (exact) mass is 341 g/mol. The van der Waals surface area contributed by atoms with Crippen LogP contribution in [0.4, 0.5) is 5.69 Å². The van der Waals surface area contributed by atoms with Crippen LogP contribution in [0.2, 0.25) is 0 Å². The van der Waals surface area contributed by atoms with Gasteiger partial charge in [-0.3, -0.25) is 14.2 Å². The Morgan fingerprint density at radius 1 is 1.25 bits per heavy atom. The fourth-order valence-electron chi connectivity index (χ4n) is 2.59. The summed E-state index contributed by atoms with van der Waals surface area (Å²) in [5.41, 5.74) is 1.68. The number of carbonyl (C=O) groups excluding carboxylic acids is 1. The zero-order chi connectivity index (χ0) is 17.1. The molecule has 1 N–H and O–H groups in total. The molecule has 3 aromatic rings. The number of thiophene rings is 1. The molecule has 0 aliphatic heterocycles. The number of aromatic nitrogens is 2. The van der Waals surface area contributed by atoms with Crippen molar-refractivity contribution in [1.82, 2.24) is 9.55 Å². The molecule has 6 heteroatoms. The minimum absolute atomic E-state index is 0.0445. The fourth-order valence-corrected chi connectivity index (χ4v) is 3.52. The quantitative estimate of drug-likeness (QED) is 0.775. The largest absolute Gasteiger partial charge is 0.324 e. The number of nitrogens with zero attached hydrogens (tertiary/aromatic N) is 2. The first-order chi connectivity index (χ1) is 11.6. The molecule has 2 aromatic heterocycles. The Balaban J connectivity index is 1.83. The zero-order valence-corrected chi connectivity index (χ0v) is 14.5. The number of nitrogens with one attached hydrogen (secondary N) is 1. The Hall–Kier alpha value is -2.47. The molecule has 0 atom stereocenters. The van der Waals surface area contributed by atoms with Crippen molar-refractivity contribution < 1.29 is 4.79 Å². The predicted molar refractivity (Wildman–Crippen MR) is 97.7 cm³/mol. The van der Waals surface area contributed by atoms with Crippen molar-refractivity contribution >= 4 is 33.1 Å². The van der Waals surface area contributed by atoms with Gasteiger partial charge in [0.05, 0.1) is 11.7 Å². The first-order valence-corrected chi connectivity index (χ1v) is 8.79. The summed E-state index contributed by atoms with van der Waals surface area (Å²) in [5, 5.41) is 3.46. The second-order valence-electron chi connectivity index (χ2n) is 5.52. The van der Waals surface area contributed by atoms with E-state index in [9.17, 15) is 9.59 Å². The van der Waals surface area contributed by atoms with Gasteiger partial charge in [-0.15, -0.1) is 11.3 Å². The third-order valence-corrected chi connectivity index (χ3v) is 5.09. The molecule has 0 saturated heterocycles. The van der Waals surface area contributed by atoms with Gasteiger partial charge >= 0.3 is 0 Å². The Morgan fingerprint density at radius 3 is 2.79 bits per heavy atom. The first kappa shape index (κ1) is 16.4. The molecule has 0 radical (unpaired) electrons. The number of para-hydroxylation sites is 1. The minimum atomic E-state index is -0.231. The summed E-state index contributed by atoms with van der Waals surface area (Å²) in [4.78, 5) is 31.0. The molecule has 1 aromatic carbocycles. The van der Waals surface area contributed by atoms with Gasteiger partial charge < -0.3 is 5.32 Å². The van der Waals surface area contributed by atoms with Crippen LogP contribution in [-0.2, 0) is 24.2 Å². The number of hydrogen-bond donors (Lipinski definition) is 1. The summed E-state index contributed by atoms with van der Waals surface area (Å²) in [5.74, 6) is -0.231. The molecule has 1 amide bonds. The van der Waals surface area contributed by atoms with Gasteiger partial charge in [-0.1, -0.05) is 32.0 Å². The van der Waals surface area contributed by atoms with E-state index >= 15 is 0 Å². The number of rotatable bonds is 5. The summed E-state index contributed by atoms with van der Waals surface area (Å²) in [6.07, 6.45) is 3.15. The van der Waals surface area contributed by atoms with Crippen molar-refractivity contribution in [3.63, 3.8) is 0 Å². The van der Waals surface area contributed by atoms with Crippen LogP contribution < -0.4 is 10.9 Å². The van der Waals surface area contributed by atoms with E-state index in [4.69, 9.17) is 0 Å². The van der Waals surface area contributed by atoms with E-state index in [1.807, 2.05) is 44.2 Å². The van der Waals surface area contributed by atoms with E-state index < -0.39 is 0 Å². The van der Waals surface area contributed by atoms with Crippen molar-refractivity contribution in [1.29, 1.82) is 0 Å². The number of anilines is 1. The third kappa shape index (κ3) is 3.23. The van der Waals surface area contributed by atoms with Crippen molar-refractivity contribution in [2.75, 3.05) is 5.32 Å². The smallest absolute Gasteiger partial charge is 0.262 e. The molecular weight excluding hydrogens is 322 g/mol. The highest BCUT2D eigenvalue weighted by Gasteiger charge is 2.11. The van der Waals surface area contributed by atoms with E-state index in [0.717, 1.165) is 33.8 Å². The number of fused-ring (bicyclic) bond motifs is 1. The van der Waals surface area contributed by atoms with Gasteiger partial charge in [0.25, 0.3) is 5.56 Å². The molecule has 0 aliphatic rings. The number of benzene rings is 1. The summed E-state index contributed by atoms with van der Waals surface area (Å²) in [7, 11) is 0. The van der Waals surface area contributed by atoms with Gasteiger partial charge in [0.2, 0.25) is 5.91 Å². The summed E-state index contributed by atoms with van der Waals surface area (Å²) in [6, 6.07) is 9.54. The van der Waals surface area contributed by atoms with Crippen LogP contribution in [0.25, 0.3) is 10.2 Å². The average molecular weight is 341 g/mol. The van der Waals surface area contributed by atoms with Gasteiger partial charge in [-0.25, -0.2) is 4.98 Å². The molecule has 0 fully saturated rings. The number of amides is 1. The zero-order valence-electron chi connectivity index (χ0n) is 13.7. The van der Waals surface area contributed by atoms with Crippen LogP contribution >= 0.6 is 11.3 Å². The maximum absolute atomic E-state index is 12.5. The topological polar surface area (TPSA) is 64.0 Å². The lowest BCUT2D eigenvalue weighted by Gasteiger charge is -2.10. The Bertz CT molecular complexity index is 943. The Kier molecular flexibility index (Phi) is 4.76. The van der Waals surface area contributed by atoms with Gasteiger partial charge in [-0.2, -0.15) is 0 Å². The average Bonchev–Trinajstić information content (AvgIpc) is 3.02. The minimum Gasteiger partial charge on any atom is -0.324 e. The van der Waals surface area contributed by atoms with Crippen LogP contribution in [0.3, 0.4) is 0 Å². The van der Waals surface area contributed by atoms with Crippen molar-refractivity contribution in [3.8, 4) is 0 Å². The van der Waals surface area contributed by atoms with E-state index in [1.54, 1.807) is 0 Å². The van der Waals surface area contributed by atoms with Crippen molar-refractivity contribution in [3.05, 3.63) is 57.5 Å². The number of hydrogen-bond acceptors (Lipinski definition) is 4. The molecule has 124 valence electrons. The lowest BCUT2D eigenvalue weighted by Crippen LogP contribution is -2.27. The molecule has 0 saturated carbocycles. The number of aryl methyl sites for hydroxylation is 2. The fraction of sp³-hybridized carbons (Fsp3) is 0.278. The van der Waals surface area contributed by atoms with Crippen LogP contribution in [0.1, 0.15) is 24.3 Å². The summed E-state index contributed by atoms with van der Waals surface area (Å²) < 4.78 is 1.36. The van der Waals surface area contributed by atoms with Crippen LogP contribution in [-0.4, -0.2) is 15.5 Å².